The summed E-state index contributed by atoms with van der Waals surface area (Å²) < 4.78 is 158. The molecule has 0 amide bonds. The van der Waals surface area contributed by atoms with Crippen LogP contribution in [0, 0.1) is 0 Å². The molecule has 0 bridgehead atoms. The molecule has 0 saturated heterocycles. The smallest absolute Gasteiger partial charge is 0.252 e. The van der Waals surface area contributed by atoms with E-state index in [1.54, 1.807) is 9.13 Å². The van der Waals surface area contributed by atoms with Gasteiger partial charge in [0.1, 0.15) is 22.3 Å². The van der Waals surface area contributed by atoms with E-state index in [4.69, 9.17) is 8.83 Å². The monoisotopic (exact) mass is 1660 g/mol. The molecule has 19 aromatic carbocycles. The van der Waals surface area contributed by atoms with Crippen LogP contribution in [0.2, 0.25) is 0 Å². The van der Waals surface area contributed by atoms with Crippen molar-refractivity contribution in [1.29, 1.82) is 0 Å². The van der Waals surface area contributed by atoms with Crippen molar-refractivity contribution in [2.24, 2.45) is 0 Å². The third-order valence-electron chi connectivity index (χ3n) is 26.1. The van der Waals surface area contributed by atoms with E-state index in [0.29, 0.717) is 67.8 Å². The predicted octanol–water partition coefficient (Wildman–Crippen LogP) is 31.7. The van der Waals surface area contributed by atoms with Crippen molar-refractivity contribution in [3.05, 3.63) is 429 Å². The normalized spacial score (nSPS) is 14.2. The van der Waals surface area contributed by atoms with E-state index in [-0.39, 0.29) is 91.0 Å². The average Bonchev–Trinajstić information content (AvgIpc) is 1.23. The highest BCUT2D eigenvalue weighted by Gasteiger charge is 2.47. The van der Waals surface area contributed by atoms with Crippen molar-refractivity contribution < 1.29 is 28.0 Å². The van der Waals surface area contributed by atoms with Crippen LogP contribution in [0.4, 0.5) is 34.1 Å². The molecular formula is C122H87BN4O2. The van der Waals surface area contributed by atoms with Gasteiger partial charge in [-0.2, -0.15) is 0 Å². The Labute approximate surface area is 769 Å². The molecule has 23 aromatic rings. The summed E-state index contributed by atoms with van der Waals surface area (Å²) >= 11 is 0. The minimum atomic E-state index is -0.919. The van der Waals surface area contributed by atoms with Crippen LogP contribution in [0.3, 0.4) is 0 Å². The van der Waals surface area contributed by atoms with Crippen LogP contribution in [0.1, 0.15) is 71.9 Å². The average molecular weight is 1670 g/mol. The molecule has 0 fully saturated rings. The van der Waals surface area contributed by atoms with Crippen LogP contribution < -0.4 is 26.2 Å². The van der Waals surface area contributed by atoms with Gasteiger partial charge < -0.3 is 27.8 Å². The van der Waals surface area contributed by atoms with Crippen molar-refractivity contribution in [3.8, 4) is 100 Å². The fraction of sp³-hybridized carbons (Fsp3) is 0.0656. The molecule has 2 aliphatic rings. The lowest BCUT2D eigenvalue weighted by Gasteiger charge is -2.46. The molecule has 610 valence electrons. The highest BCUT2D eigenvalue weighted by atomic mass is 16.3. The fourth-order valence-corrected chi connectivity index (χ4v) is 20.1. The SMILES string of the molecule is [2H]c1c([2H])c([2H])c2c(c1[2H])c1c([2H])c([2H])c(C(C)(C)C)c([2H])c1n2-c1ccc2c(c1)N(c1c(-c3cccc(-c4ccccc4)c3)cccc1-c1cccc3c1oc1ccccc13)c1cc(-c3cccc(-c4ccccc4)c3)cc3c1B2c1ccc(-n2c4c([2H])c([2H])c([2H])c([2H])c4c4c([2H])c([2H])c(C(C)(C)C)c([2H])c42)cc1N3c1c(-c2cccc(-c3ccccc3)c2)cccc1-c1cccc2c1oc1ccccc12. The number of fused-ring (bicyclic) bond motifs is 16. The van der Waals surface area contributed by atoms with Gasteiger partial charge in [-0.3, -0.25) is 0 Å². The van der Waals surface area contributed by atoms with Gasteiger partial charge in [0.05, 0.1) is 52.6 Å². The van der Waals surface area contributed by atoms with Crippen LogP contribution in [0.15, 0.2) is 427 Å². The van der Waals surface area contributed by atoms with Gasteiger partial charge in [0, 0.05) is 111 Å². The molecule has 0 N–H and O–H groups in total. The summed E-state index contributed by atoms with van der Waals surface area (Å²) in [5.41, 5.74) is 22.0. The fourth-order valence-electron chi connectivity index (χ4n) is 20.1. The van der Waals surface area contributed by atoms with Gasteiger partial charge in [0.2, 0.25) is 0 Å². The van der Waals surface area contributed by atoms with Crippen LogP contribution in [0.5, 0.6) is 0 Å². The maximum atomic E-state index is 10.7. The topological polar surface area (TPSA) is 42.6 Å². The number of para-hydroxylation sites is 8. The highest BCUT2D eigenvalue weighted by molar-refractivity contribution is 7.00. The zero-order valence-corrected chi connectivity index (χ0v) is 71.4. The highest BCUT2D eigenvalue weighted by Crippen LogP contribution is 2.57. The van der Waals surface area contributed by atoms with Gasteiger partial charge in [-0.05, 0) is 185 Å². The van der Waals surface area contributed by atoms with Gasteiger partial charge >= 0.3 is 0 Å². The Hall–Kier alpha value is -16.0. The Morgan fingerprint density at radius 2 is 0.597 bits per heavy atom. The maximum Gasteiger partial charge on any atom is 0.252 e. The molecule has 0 aliphatic carbocycles. The van der Waals surface area contributed by atoms with E-state index in [2.05, 4.69) is 240 Å². The molecule has 6 heterocycles. The molecule has 4 aromatic heterocycles. The molecule has 7 heteroatoms. The first kappa shape index (κ1) is 62.2. The molecule has 0 radical (unpaired) electrons. The Morgan fingerprint density at radius 3 is 1.03 bits per heavy atom. The minimum Gasteiger partial charge on any atom is -0.455 e. The zero-order valence-electron chi connectivity index (χ0n) is 85.4. The van der Waals surface area contributed by atoms with E-state index in [0.717, 1.165) is 127 Å². The Kier molecular flexibility index (Phi) is 14.1. The summed E-state index contributed by atoms with van der Waals surface area (Å²) in [4.78, 5) is 4.75. The number of furan rings is 2. The second-order valence-corrected chi connectivity index (χ2v) is 35.9. The standard InChI is InChI=1S/C122H87BN4O2/c1-121(2,3)86-59-63-94-92-43-16-20-55-106(92)124(108(94)72-86)88-61-65-104-110(74-88)126(117-90(83-41-25-38-80(68-83)77-33-12-8-13-34-77)47-27-49-98(117)102-53-29-51-100-96-45-18-22-57-114(96)128-119(100)102)112-70-85(82-40-24-37-79(67-82)76-31-10-7-11-32-76)71-113-116(112)123(104)105-66-62-89(125-107-56-21-17-44-93(107)95-64-60-87(73-109(95)125)122(4,5)6)75-111(105)127(113)118-91(84-42-26-39-81(69-84)78-35-14-9-15-36-78)48-28-50-99(118)103-54-30-52-101-97-46-19-23-58-115(97)129-120(101)103/h7-75H,1-6H3/i16D,17D,20D,21D,43D,44D,55D,56D,59D,60D,63D,64D,72D,73D. The first-order chi connectivity index (χ1) is 69.1. The number of hydrogen-bond donors (Lipinski definition) is 0. The van der Waals surface area contributed by atoms with Gasteiger partial charge in [0.15, 0.2) is 0 Å². The van der Waals surface area contributed by atoms with Gasteiger partial charge in [0.25, 0.3) is 6.71 Å². The van der Waals surface area contributed by atoms with Crippen LogP contribution in [-0.4, -0.2) is 15.8 Å². The molecule has 25 rings (SSSR count). The van der Waals surface area contributed by atoms with Crippen molar-refractivity contribution in [2.45, 2.75) is 52.4 Å². The second kappa shape index (κ2) is 29.3. The number of rotatable bonds is 12. The largest absolute Gasteiger partial charge is 0.455 e. The molecular weight excluding hydrogens is 1560 g/mol. The summed E-state index contributed by atoms with van der Waals surface area (Å²) in [7, 11) is 0. The predicted molar refractivity (Wildman–Crippen MR) is 545 cm³/mol. The summed E-state index contributed by atoms with van der Waals surface area (Å²) in [5, 5.41) is 3.62. The maximum absolute atomic E-state index is 10.7. The number of anilines is 6. The first-order valence-corrected chi connectivity index (χ1v) is 43.8. The van der Waals surface area contributed by atoms with Gasteiger partial charge in [-0.1, -0.05) is 369 Å². The quantitative estimate of drug-likeness (QED) is 0.114. The number of hydrogen-bond acceptors (Lipinski definition) is 4. The molecule has 0 atom stereocenters. The molecule has 6 nitrogen and oxygen atoms in total. The van der Waals surface area contributed by atoms with E-state index >= 15 is 0 Å². The molecule has 2 aliphatic heterocycles. The lowest BCUT2D eigenvalue weighted by Crippen LogP contribution is -2.61. The van der Waals surface area contributed by atoms with Crippen LogP contribution >= 0.6 is 0 Å². The molecule has 0 saturated carbocycles. The lowest BCUT2D eigenvalue weighted by atomic mass is 9.33. The van der Waals surface area contributed by atoms with E-state index in [1.165, 1.54) is 0 Å². The number of aromatic nitrogens is 2. The van der Waals surface area contributed by atoms with Crippen molar-refractivity contribution in [1.82, 2.24) is 9.13 Å². The zero-order chi connectivity index (χ0) is 98.3. The molecule has 129 heavy (non-hydrogen) atoms. The summed E-state index contributed by atoms with van der Waals surface area (Å²) in [6.07, 6.45) is 0. The van der Waals surface area contributed by atoms with E-state index < -0.39 is 65.9 Å². The molecule has 0 unspecified atom stereocenters. The third kappa shape index (κ3) is 12.2. The van der Waals surface area contributed by atoms with Gasteiger partial charge in [-0.25, -0.2) is 0 Å². The Bertz CT molecular complexity index is 8970. The van der Waals surface area contributed by atoms with Crippen molar-refractivity contribution >= 4 is 145 Å². The van der Waals surface area contributed by atoms with Crippen molar-refractivity contribution in [2.75, 3.05) is 9.80 Å². The lowest BCUT2D eigenvalue weighted by molar-refractivity contribution is 0.590. The summed E-state index contributed by atoms with van der Waals surface area (Å²) in [6, 6.07) is 110. The van der Waals surface area contributed by atoms with Gasteiger partial charge in [-0.15, -0.1) is 0 Å². The van der Waals surface area contributed by atoms with Crippen LogP contribution in [-0.2, 0) is 10.8 Å². The van der Waals surface area contributed by atoms with E-state index in [9.17, 15) is 19.2 Å². The molecule has 0 spiro atoms. The Morgan fingerprint density at radius 1 is 0.256 bits per heavy atom. The van der Waals surface area contributed by atoms with Crippen molar-refractivity contribution in [3.63, 3.8) is 0 Å². The third-order valence-corrected chi connectivity index (χ3v) is 26.1. The van der Waals surface area contributed by atoms with E-state index in [1.807, 2.05) is 145 Å². The second-order valence-electron chi connectivity index (χ2n) is 35.9. The summed E-state index contributed by atoms with van der Waals surface area (Å²) in [6.45, 7) is 10.5. The summed E-state index contributed by atoms with van der Waals surface area (Å²) in [5.74, 6) is 0. The first-order valence-electron chi connectivity index (χ1n) is 50.8. The Balaban J connectivity index is 0.905. The van der Waals surface area contributed by atoms with Crippen LogP contribution in [0.25, 0.3) is 188 Å². The number of nitrogens with zero attached hydrogens (tertiary/aromatic N) is 4. The minimum absolute atomic E-state index is 0.00424. The number of benzene rings is 19.